The minimum Gasteiger partial charge on any atom is -0.378 e. The molecule has 0 aliphatic heterocycles. The summed E-state index contributed by atoms with van der Waals surface area (Å²) in [4.78, 5) is 19.1. The lowest BCUT2D eigenvalue weighted by atomic mass is 9.99. The van der Waals surface area contributed by atoms with Gasteiger partial charge in [-0.15, -0.1) is 0 Å². The van der Waals surface area contributed by atoms with Gasteiger partial charge in [-0.2, -0.15) is 13.2 Å². The van der Waals surface area contributed by atoms with Gasteiger partial charge in [0, 0.05) is 30.3 Å². The minimum atomic E-state index is -4.76. The van der Waals surface area contributed by atoms with Gasteiger partial charge in [0.2, 0.25) is 5.91 Å². The van der Waals surface area contributed by atoms with Crippen LogP contribution in [0.1, 0.15) is 24.3 Å². The Hall–Kier alpha value is -3.00. The first kappa shape index (κ1) is 18.8. The second-order valence-electron chi connectivity index (χ2n) is 6.18. The number of aliphatic hydroxyl groups excluding tert-OH is 1. The Labute approximate surface area is 152 Å². The van der Waals surface area contributed by atoms with Crippen LogP contribution in [0.15, 0.2) is 42.7 Å². The summed E-state index contributed by atoms with van der Waals surface area (Å²) in [5.41, 5.74) is 1.53. The highest BCUT2D eigenvalue weighted by Crippen LogP contribution is 2.34. The van der Waals surface area contributed by atoms with E-state index in [1.165, 1.54) is 19.2 Å². The first-order valence-electron chi connectivity index (χ1n) is 8.04. The van der Waals surface area contributed by atoms with Crippen LogP contribution in [0.5, 0.6) is 0 Å². The second kappa shape index (κ2) is 6.96. The number of nitrogens with one attached hydrogen (secondary N) is 1. The number of nitrogens with zero attached hydrogens (tertiary/aromatic N) is 2. The van der Waals surface area contributed by atoms with Gasteiger partial charge in [0.25, 0.3) is 0 Å². The zero-order chi connectivity index (χ0) is 19.8. The summed E-state index contributed by atoms with van der Waals surface area (Å²) in [7, 11) is 0. The van der Waals surface area contributed by atoms with Crippen LogP contribution in [-0.2, 0) is 4.79 Å². The highest BCUT2D eigenvalue weighted by Gasteiger charge is 2.40. The summed E-state index contributed by atoms with van der Waals surface area (Å²) in [6.07, 6.45) is -4.45. The summed E-state index contributed by atoms with van der Waals surface area (Å²) in [6.45, 7) is 3.05. The third kappa shape index (κ3) is 4.06. The van der Waals surface area contributed by atoms with Gasteiger partial charge in [-0.3, -0.25) is 9.78 Å². The average Bonchev–Trinajstić information content (AvgIpc) is 2.59. The Morgan fingerprint density at radius 1 is 1.11 bits per heavy atom. The predicted molar refractivity (Wildman–Crippen MR) is 95.0 cm³/mol. The molecule has 27 heavy (non-hydrogen) atoms. The van der Waals surface area contributed by atoms with Crippen LogP contribution >= 0.6 is 0 Å². The minimum absolute atomic E-state index is 0.221. The van der Waals surface area contributed by atoms with Crippen molar-refractivity contribution in [1.82, 2.24) is 9.97 Å². The molecule has 0 bridgehead atoms. The standard InChI is InChI=1S/C19H16F3N3O2/c1-10-5-16(18(27)19(20,21)22)23-9-15(10)13-4-3-12-7-17(25-11(2)26)24-8-14(12)6-13/h3-9,18,27H,1-2H3,(H,24,25,26). The number of halogens is 3. The number of benzene rings is 1. The average molecular weight is 375 g/mol. The van der Waals surface area contributed by atoms with E-state index in [1.807, 2.05) is 18.2 Å². The molecular formula is C19H16F3N3O2. The van der Waals surface area contributed by atoms with Gasteiger partial charge in [0.1, 0.15) is 5.82 Å². The smallest absolute Gasteiger partial charge is 0.378 e. The molecule has 0 spiro atoms. The van der Waals surface area contributed by atoms with E-state index in [4.69, 9.17) is 0 Å². The molecule has 2 aromatic heterocycles. The van der Waals surface area contributed by atoms with Gasteiger partial charge in [-0.25, -0.2) is 4.98 Å². The lowest BCUT2D eigenvalue weighted by Crippen LogP contribution is -2.21. The summed E-state index contributed by atoms with van der Waals surface area (Å²) >= 11 is 0. The van der Waals surface area contributed by atoms with Gasteiger partial charge >= 0.3 is 6.18 Å². The van der Waals surface area contributed by atoms with Crippen LogP contribution in [0.2, 0.25) is 0 Å². The number of rotatable bonds is 3. The summed E-state index contributed by atoms with van der Waals surface area (Å²) < 4.78 is 38.0. The van der Waals surface area contributed by atoms with Gasteiger partial charge in [-0.05, 0) is 41.6 Å². The van der Waals surface area contributed by atoms with E-state index in [0.717, 1.165) is 16.3 Å². The lowest BCUT2D eigenvalue weighted by molar-refractivity contribution is -0.207. The van der Waals surface area contributed by atoms with E-state index in [9.17, 15) is 23.1 Å². The number of hydrogen-bond donors (Lipinski definition) is 2. The van der Waals surface area contributed by atoms with E-state index in [0.29, 0.717) is 16.9 Å². The van der Waals surface area contributed by atoms with Crippen molar-refractivity contribution in [2.45, 2.75) is 26.1 Å². The van der Waals surface area contributed by atoms with E-state index in [2.05, 4.69) is 15.3 Å². The molecular weight excluding hydrogens is 359 g/mol. The van der Waals surface area contributed by atoms with Crippen LogP contribution in [0, 0.1) is 6.92 Å². The maximum atomic E-state index is 12.7. The van der Waals surface area contributed by atoms with Crippen molar-refractivity contribution in [2.75, 3.05) is 5.32 Å². The largest absolute Gasteiger partial charge is 0.420 e. The van der Waals surface area contributed by atoms with Crippen LogP contribution < -0.4 is 5.32 Å². The van der Waals surface area contributed by atoms with Crippen molar-refractivity contribution >= 4 is 22.5 Å². The number of aliphatic hydroxyl groups is 1. The zero-order valence-corrected chi connectivity index (χ0v) is 14.5. The molecule has 2 N–H and O–H groups in total. The van der Waals surface area contributed by atoms with Crippen molar-refractivity contribution in [1.29, 1.82) is 0 Å². The fourth-order valence-corrected chi connectivity index (χ4v) is 2.76. The van der Waals surface area contributed by atoms with Crippen molar-refractivity contribution in [3.8, 4) is 11.1 Å². The number of alkyl halides is 3. The molecule has 0 aliphatic carbocycles. The highest BCUT2D eigenvalue weighted by molar-refractivity contribution is 5.92. The number of carbonyl (C=O) groups is 1. The number of fused-ring (bicyclic) bond motifs is 1. The number of aromatic nitrogens is 2. The maximum Gasteiger partial charge on any atom is 0.420 e. The third-order valence-electron chi connectivity index (χ3n) is 4.06. The van der Waals surface area contributed by atoms with Crippen molar-refractivity contribution in [3.05, 3.63) is 54.0 Å². The number of hydrogen-bond acceptors (Lipinski definition) is 4. The number of aryl methyl sites for hydroxylation is 1. The molecule has 1 aromatic carbocycles. The molecule has 1 atom stereocenters. The first-order chi connectivity index (χ1) is 12.6. The van der Waals surface area contributed by atoms with Crippen LogP contribution in [-0.4, -0.2) is 27.2 Å². The number of anilines is 1. The topological polar surface area (TPSA) is 75.1 Å². The second-order valence-corrected chi connectivity index (χ2v) is 6.18. The van der Waals surface area contributed by atoms with Crippen molar-refractivity contribution < 1.29 is 23.1 Å². The van der Waals surface area contributed by atoms with Gasteiger partial charge in [-0.1, -0.05) is 12.1 Å². The Morgan fingerprint density at radius 2 is 1.85 bits per heavy atom. The van der Waals surface area contributed by atoms with E-state index >= 15 is 0 Å². The Kier molecular flexibility index (Phi) is 4.84. The van der Waals surface area contributed by atoms with Crippen LogP contribution in [0.3, 0.4) is 0 Å². The number of carbonyl (C=O) groups excluding carboxylic acids is 1. The monoisotopic (exact) mass is 375 g/mol. The molecule has 0 fully saturated rings. The number of pyridine rings is 2. The van der Waals surface area contributed by atoms with E-state index in [1.54, 1.807) is 19.2 Å². The third-order valence-corrected chi connectivity index (χ3v) is 4.06. The lowest BCUT2D eigenvalue weighted by Gasteiger charge is -2.15. The van der Waals surface area contributed by atoms with Crippen molar-refractivity contribution in [3.63, 3.8) is 0 Å². The van der Waals surface area contributed by atoms with E-state index < -0.39 is 18.0 Å². The van der Waals surface area contributed by atoms with Crippen LogP contribution in [0.25, 0.3) is 21.9 Å². The molecule has 1 amide bonds. The zero-order valence-electron chi connectivity index (χ0n) is 14.5. The summed E-state index contributed by atoms with van der Waals surface area (Å²) in [6, 6.07) is 8.44. The SMILES string of the molecule is CC(=O)Nc1cc2ccc(-c3cnc(C(O)C(F)(F)F)cc3C)cc2cn1. The molecule has 2 heterocycles. The molecule has 0 aliphatic rings. The predicted octanol–water partition coefficient (Wildman–Crippen LogP) is 4.16. The summed E-state index contributed by atoms with van der Waals surface area (Å²) in [5.74, 6) is 0.215. The first-order valence-corrected chi connectivity index (χ1v) is 8.04. The molecule has 3 aromatic rings. The van der Waals surface area contributed by atoms with Crippen molar-refractivity contribution in [2.24, 2.45) is 0 Å². The molecule has 0 saturated carbocycles. The fraction of sp³-hybridized carbons (Fsp3) is 0.211. The van der Waals surface area contributed by atoms with Crippen LogP contribution in [0.4, 0.5) is 19.0 Å². The molecule has 1 unspecified atom stereocenters. The molecule has 0 saturated heterocycles. The Morgan fingerprint density at radius 3 is 2.48 bits per heavy atom. The molecule has 5 nitrogen and oxygen atoms in total. The molecule has 8 heteroatoms. The molecule has 3 rings (SSSR count). The molecule has 140 valence electrons. The van der Waals surface area contributed by atoms with Gasteiger partial charge < -0.3 is 10.4 Å². The molecule has 0 radical (unpaired) electrons. The number of amides is 1. The summed E-state index contributed by atoms with van der Waals surface area (Å²) in [5, 5.41) is 13.6. The fourth-order valence-electron chi connectivity index (χ4n) is 2.76. The highest BCUT2D eigenvalue weighted by atomic mass is 19.4. The Balaban J connectivity index is 1.96. The van der Waals surface area contributed by atoms with Gasteiger partial charge in [0.15, 0.2) is 6.10 Å². The Bertz CT molecular complexity index is 1020. The normalized spacial score (nSPS) is 12.8. The quantitative estimate of drug-likeness (QED) is 0.721. The van der Waals surface area contributed by atoms with Gasteiger partial charge in [0.05, 0.1) is 5.69 Å². The maximum absolute atomic E-state index is 12.7. The van der Waals surface area contributed by atoms with E-state index in [-0.39, 0.29) is 5.91 Å².